The first kappa shape index (κ1) is 21.4. The second kappa shape index (κ2) is 9.36. The van der Waals surface area contributed by atoms with Crippen molar-refractivity contribution in [2.45, 2.75) is 20.8 Å². The van der Waals surface area contributed by atoms with Gasteiger partial charge in [0.05, 0.1) is 25.8 Å². The molecule has 0 fully saturated rings. The third kappa shape index (κ3) is 4.89. The lowest BCUT2D eigenvalue weighted by Crippen LogP contribution is -2.31. The Morgan fingerprint density at radius 3 is 2.61 bits per heavy atom. The number of amides is 2. The van der Waals surface area contributed by atoms with Crippen LogP contribution in [0.4, 0.5) is 5.69 Å². The number of aliphatic hydroxyl groups excluding tert-OH is 1. The Morgan fingerprint density at radius 1 is 1.32 bits per heavy atom. The summed E-state index contributed by atoms with van der Waals surface area (Å²) >= 11 is 0. The standard InChI is InChI=1S/C20H27N3O5/c1-12(2)10-21-18(25)14-5-6-16(13(3)9-14)22-17-15(20(27)28-4)11-23(7-8-24)19(17)26/h5-6,9,12,22,24H,7-8,10-11H2,1-4H3,(H,21,25). The number of carbonyl (C=O) groups excluding carboxylic acids is 3. The minimum Gasteiger partial charge on any atom is -0.466 e. The summed E-state index contributed by atoms with van der Waals surface area (Å²) in [5.74, 6) is -0.792. The topological polar surface area (TPSA) is 108 Å². The zero-order valence-corrected chi connectivity index (χ0v) is 16.7. The fraction of sp³-hybridized carbons (Fsp3) is 0.450. The Hall–Kier alpha value is -2.87. The van der Waals surface area contributed by atoms with E-state index in [-0.39, 0.29) is 42.8 Å². The van der Waals surface area contributed by atoms with E-state index in [1.807, 2.05) is 20.8 Å². The highest BCUT2D eigenvalue weighted by atomic mass is 16.5. The summed E-state index contributed by atoms with van der Waals surface area (Å²) in [6, 6.07) is 5.08. The lowest BCUT2D eigenvalue weighted by Gasteiger charge is -2.16. The second-order valence-corrected chi connectivity index (χ2v) is 7.05. The van der Waals surface area contributed by atoms with Crippen LogP contribution in [0, 0.1) is 12.8 Å². The predicted octanol–water partition coefficient (Wildman–Crippen LogP) is 1.05. The SMILES string of the molecule is COC(=O)C1=C(Nc2ccc(C(=O)NCC(C)C)cc2C)C(=O)N(CCO)C1. The molecule has 0 radical (unpaired) electrons. The van der Waals surface area contributed by atoms with Crippen LogP contribution < -0.4 is 10.6 Å². The van der Waals surface area contributed by atoms with Crippen molar-refractivity contribution in [1.29, 1.82) is 0 Å². The van der Waals surface area contributed by atoms with Gasteiger partial charge >= 0.3 is 5.97 Å². The number of nitrogens with one attached hydrogen (secondary N) is 2. The lowest BCUT2D eigenvalue weighted by atomic mass is 10.1. The van der Waals surface area contributed by atoms with Crippen LogP contribution in [0.1, 0.15) is 29.8 Å². The molecule has 2 rings (SSSR count). The van der Waals surface area contributed by atoms with Crippen LogP contribution in [0.25, 0.3) is 0 Å². The van der Waals surface area contributed by atoms with Crippen LogP contribution in [0.2, 0.25) is 0 Å². The number of methoxy groups -OCH3 is 1. The van der Waals surface area contributed by atoms with Gasteiger partial charge in [0.15, 0.2) is 0 Å². The van der Waals surface area contributed by atoms with E-state index >= 15 is 0 Å². The van der Waals surface area contributed by atoms with Crippen molar-refractivity contribution < 1.29 is 24.2 Å². The first-order valence-corrected chi connectivity index (χ1v) is 9.16. The van der Waals surface area contributed by atoms with Gasteiger partial charge in [-0.3, -0.25) is 9.59 Å². The third-order valence-corrected chi connectivity index (χ3v) is 4.37. The number of rotatable bonds is 8. The van der Waals surface area contributed by atoms with E-state index in [0.717, 1.165) is 5.56 Å². The van der Waals surface area contributed by atoms with Gasteiger partial charge in [-0.05, 0) is 36.6 Å². The molecule has 8 nitrogen and oxygen atoms in total. The highest BCUT2D eigenvalue weighted by molar-refractivity contribution is 6.08. The van der Waals surface area contributed by atoms with Crippen molar-refractivity contribution in [3.05, 3.63) is 40.6 Å². The Morgan fingerprint density at radius 2 is 2.04 bits per heavy atom. The van der Waals surface area contributed by atoms with Gasteiger partial charge in [0.25, 0.3) is 11.8 Å². The van der Waals surface area contributed by atoms with Crippen molar-refractivity contribution in [2.75, 3.05) is 38.7 Å². The first-order chi connectivity index (χ1) is 13.3. The minimum absolute atomic E-state index is 0.0726. The fourth-order valence-corrected chi connectivity index (χ4v) is 2.83. The number of anilines is 1. The van der Waals surface area contributed by atoms with Gasteiger partial charge in [-0.1, -0.05) is 13.8 Å². The zero-order valence-electron chi connectivity index (χ0n) is 16.7. The maximum Gasteiger partial charge on any atom is 0.337 e. The molecule has 0 saturated carbocycles. The first-order valence-electron chi connectivity index (χ1n) is 9.16. The van der Waals surface area contributed by atoms with Crippen LogP contribution >= 0.6 is 0 Å². The van der Waals surface area contributed by atoms with E-state index < -0.39 is 5.97 Å². The molecule has 0 aromatic heterocycles. The van der Waals surface area contributed by atoms with Crippen molar-refractivity contribution in [2.24, 2.45) is 5.92 Å². The lowest BCUT2D eigenvalue weighted by molar-refractivity contribution is -0.136. The quantitative estimate of drug-likeness (QED) is 0.574. The third-order valence-electron chi connectivity index (χ3n) is 4.37. The Kier molecular flexibility index (Phi) is 7.17. The molecule has 152 valence electrons. The average Bonchev–Trinajstić information content (AvgIpc) is 2.97. The number of carbonyl (C=O) groups is 3. The summed E-state index contributed by atoms with van der Waals surface area (Å²) in [5.41, 5.74) is 2.21. The molecule has 0 aliphatic carbocycles. The summed E-state index contributed by atoms with van der Waals surface area (Å²) in [7, 11) is 1.25. The minimum atomic E-state index is -0.598. The van der Waals surface area contributed by atoms with Crippen molar-refractivity contribution >= 4 is 23.5 Å². The molecule has 8 heteroatoms. The molecular formula is C20H27N3O5. The van der Waals surface area contributed by atoms with Crippen molar-refractivity contribution in [3.63, 3.8) is 0 Å². The monoisotopic (exact) mass is 389 g/mol. The molecule has 3 N–H and O–H groups in total. The van der Waals surface area contributed by atoms with Crippen LogP contribution in [-0.2, 0) is 14.3 Å². The largest absolute Gasteiger partial charge is 0.466 e. The van der Waals surface area contributed by atoms with Gasteiger partial charge < -0.3 is 25.4 Å². The smallest absolute Gasteiger partial charge is 0.337 e. The Labute approximate surface area is 164 Å². The van der Waals surface area contributed by atoms with Crippen molar-refractivity contribution in [1.82, 2.24) is 10.2 Å². The molecule has 0 spiro atoms. The molecule has 1 heterocycles. The van der Waals surface area contributed by atoms with Gasteiger partial charge in [-0.25, -0.2) is 4.79 Å². The van der Waals surface area contributed by atoms with Gasteiger partial charge in [0.2, 0.25) is 0 Å². The molecular weight excluding hydrogens is 362 g/mol. The summed E-state index contributed by atoms with van der Waals surface area (Å²) in [5, 5.41) is 15.0. The summed E-state index contributed by atoms with van der Waals surface area (Å²) in [6.07, 6.45) is 0. The van der Waals surface area contributed by atoms with Crippen LogP contribution in [0.15, 0.2) is 29.5 Å². The van der Waals surface area contributed by atoms with E-state index in [1.54, 1.807) is 18.2 Å². The predicted molar refractivity (Wildman–Crippen MR) is 105 cm³/mol. The molecule has 0 bridgehead atoms. The number of esters is 1. The van der Waals surface area contributed by atoms with E-state index in [2.05, 4.69) is 10.6 Å². The van der Waals surface area contributed by atoms with E-state index in [4.69, 9.17) is 9.84 Å². The number of benzene rings is 1. The molecule has 0 atom stereocenters. The van der Waals surface area contributed by atoms with Gasteiger partial charge in [-0.2, -0.15) is 0 Å². The molecule has 28 heavy (non-hydrogen) atoms. The van der Waals surface area contributed by atoms with Crippen LogP contribution in [0.5, 0.6) is 0 Å². The van der Waals surface area contributed by atoms with Crippen LogP contribution in [-0.4, -0.2) is 61.1 Å². The van der Waals surface area contributed by atoms with E-state index in [9.17, 15) is 14.4 Å². The molecule has 1 aliphatic rings. The maximum atomic E-state index is 12.6. The highest BCUT2D eigenvalue weighted by Gasteiger charge is 2.34. The average molecular weight is 389 g/mol. The number of hydrogen-bond acceptors (Lipinski definition) is 6. The summed E-state index contributed by atoms with van der Waals surface area (Å²) in [6.45, 7) is 6.43. The van der Waals surface area contributed by atoms with Crippen molar-refractivity contribution in [3.8, 4) is 0 Å². The number of aryl methyl sites for hydroxylation is 1. The van der Waals surface area contributed by atoms with Crippen LogP contribution in [0.3, 0.4) is 0 Å². The molecule has 0 saturated heterocycles. The zero-order chi connectivity index (χ0) is 20.8. The van der Waals surface area contributed by atoms with E-state index in [1.165, 1.54) is 12.0 Å². The highest BCUT2D eigenvalue weighted by Crippen LogP contribution is 2.25. The molecule has 1 aromatic carbocycles. The molecule has 0 unspecified atom stereocenters. The van der Waals surface area contributed by atoms with Gasteiger partial charge in [0, 0.05) is 24.3 Å². The fourth-order valence-electron chi connectivity index (χ4n) is 2.83. The number of ether oxygens (including phenoxy) is 1. The second-order valence-electron chi connectivity index (χ2n) is 7.05. The number of β-amino-alcohol motifs (C(OH)–C–C–N with tert-alkyl or cyclic N) is 1. The normalized spacial score (nSPS) is 13.9. The number of nitrogens with zero attached hydrogens (tertiary/aromatic N) is 1. The number of aliphatic hydroxyl groups is 1. The van der Waals surface area contributed by atoms with Gasteiger partial charge in [0.1, 0.15) is 5.70 Å². The molecule has 1 aliphatic heterocycles. The Balaban J connectivity index is 2.24. The maximum absolute atomic E-state index is 12.6. The van der Waals surface area contributed by atoms with E-state index in [0.29, 0.717) is 23.7 Å². The Bertz CT molecular complexity index is 801. The number of hydrogen-bond donors (Lipinski definition) is 3. The summed E-state index contributed by atoms with van der Waals surface area (Å²) in [4.78, 5) is 38.2. The molecule has 1 aromatic rings. The summed E-state index contributed by atoms with van der Waals surface area (Å²) < 4.78 is 4.77. The van der Waals surface area contributed by atoms with Gasteiger partial charge in [-0.15, -0.1) is 0 Å². The molecule has 2 amide bonds.